The van der Waals surface area contributed by atoms with Gasteiger partial charge in [0.25, 0.3) is 0 Å². The van der Waals surface area contributed by atoms with Gasteiger partial charge in [0.1, 0.15) is 5.15 Å². The van der Waals surface area contributed by atoms with Crippen LogP contribution in [0.3, 0.4) is 0 Å². The number of hydrogen-bond donors (Lipinski definition) is 0. The number of halogens is 1. The monoisotopic (exact) mass is 252 g/mol. The Kier molecular flexibility index (Phi) is 3.26. The largest absolute Gasteiger partial charge is 0.232 e. The molecule has 0 unspecified atom stereocenters. The number of nitrogens with zero attached hydrogens (tertiary/aromatic N) is 2. The number of rotatable bonds is 2. The molecule has 0 aliphatic rings. The van der Waals surface area contributed by atoms with Crippen molar-refractivity contribution >= 4 is 22.9 Å². The van der Waals surface area contributed by atoms with Crippen LogP contribution in [0.25, 0.3) is 10.7 Å². The summed E-state index contributed by atoms with van der Waals surface area (Å²) in [5.74, 6) is 1.08. The fourth-order valence-electron chi connectivity index (χ4n) is 1.72. The zero-order valence-electron chi connectivity index (χ0n) is 9.49. The Bertz CT molecular complexity index is 469. The minimum absolute atomic E-state index is 0.352. The normalized spacial score (nSPS) is 11.1. The number of aromatic nitrogens is 2. The van der Waals surface area contributed by atoms with Gasteiger partial charge >= 0.3 is 0 Å². The van der Waals surface area contributed by atoms with E-state index in [1.54, 1.807) is 11.3 Å². The van der Waals surface area contributed by atoms with Crippen LogP contribution in [0.15, 0.2) is 17.5 Å². The van der Waals surface area contributed by atoms with Gasteiger partial charge in [-0.3, -0.25) is 0 Å². The van der Waals surface area contributed by atoms with Gasteiger partial charge < -0.3 is 0 Å². The summed E-state index contributed by atoms with van der Waals surface area (Å²) in [6, 6.07) is 3.99. The topological polar surface area (TPSA) is 25.8 Å². The number of hydrogen-bond acceptors (Lipinski definition) is 3. The lowest BCUT2D eigenvalue weighted by Crippen LogP contribution is -2.01. The molecular weight excluding hydrogens is 240 g/mol. The lowest BCUT2D eigenvalue weighted by atomic mass is 10.0. The van der Waals surface area contributed by atoms with Crippen molar-refractivity contribution in [1.29, 1.82) is 0 Å². The summed E-state index contributed by atoms with van der Waals surface area (Å²) in [4.78, 5) is 9.93. The Morgan fingerprint density at radius 3 is 2.56 bits per heavy atom. The number of aryl methyl sites for hydroxylation is 1. The van der Waals surface area contributed by atoms with Crippen molar-refractivity contribution in [2.24, 2.45) is 0 Å². The van der Waals surface area contributed by atoms with Gasteiger partial charge in [0.15, 0.2) is 5.82 Å². The van der Waals surface area contributed by atoms with Gasteiger partial charge in [-0.05, 0) is 24.3 Å². The third-order valence-electron chi connectivity index (χ3n) is 2.41. The maximum absolute atomic E-state index is 6.20. The minimum atomic E-state index is 0.352. The van der Waals surface area contributed by atoms with Crippen molar-refractivity contribution in [3.63, 3.8) is 0 Å². The van der Waals surface area contributed by atoms with Crippen molar-refractivity contribution in [2.75, 3.05) is 0 Å². The highest BCUT2D eigenvalue weighted by Crippen LogP contribution is 2.29. The Morgan fingerprint density at radius 1 is 1.31 bits per heavy atom. The molecule has 2 heterocycles. The molecule has 16 heavy (non-hydrogen) atoms. The highest BCUT2D eigenvalue weighted by atomic mass is 35.5. The molecule has 4 heteroatoms. The van der Waals surface area contributed by atoms with Crippen LogP contribution < -0.4 is 0 Å². The van der Waals surface area contributed by atoms with Crippen LogP contribution in [-0.4, -0.2) is 9.97 Å². The summed E-state index contributed by atoms with van der Waals surface area (Å²) in [5.41, 5.74) is 2.01. The molecule has 0 aliphatic carbocycles. The molecule has 0 atom stereocenters. The molecule has 0 amide bonds. The standard InChI is InChI=1S/C12H13ClN2S/c1-7(2)10-8(3)14-12(15-11(10)13)9-5-4-6-16-9/h4-7H,1-3H3. The van der Waals surface area contributed by atoms with Gasteiger partial charge in [0.05, 0.1) is 4.88 Å². The molecule has 2 rings (SSSR count). The molecule has 0 fully saturated rings. The van der Waals surface area contributed by atoms with Gasteiger partial charge in [-0.15, -0.1) is 11.3 Å². The number of thiophene rings is 1. The molecule has 0 saturated heterocycles. The first-order valence-electron chi connectivity index (χ1n) is 5.17. The highest BCUT2D eigenvalue weighted by molar-refractivity contribution is 7.13. The molecule has 2 aromatic rings. The van der Waals surface area contributed by atoms with Crippen molar-refractivity contribution in [3.8, 4) is 10.7 Å². The van der Waals surface area contributed by atoms with Gasteiger partial charge in [-0.25, -0.2) is 9.97 Å². The summed E-state index contributed by atoms with van der Waals surface area (Å²) in [6.45, 7) is 6.19. The fraction of sp³-hybridized carbons (Fsp3) is 0.333. The zero-order chi connectivity index (χ0) is 11.7. The molecule has 84 valence electrons. The van der Waals surface area contributed by atoms with Crippen LogP contribution in [0.2, 0.25) is 5.15 Å². The van der Waals surface area contributed by atoms with Crippen molar-refractivity contribution in [1.82, 2.24) is 9.97 Å². The quantitative estimate of drug-likeness (QED) is 0.745. The first kappa shape index (κ1) is 11.6. The predicted molar refractivity (Wildman–Crippen MR) is 69.2 cm³/mol. The van der Waals surface area contributed by atoms with Crippen molar-refractivity contribution < 1.29 is 0 Å². The third kappa shape index (κ3) is 2.11. The second-order valence-corrected chi connectivity index (χ2v) is 5.27. The predicted octanol–water partition coefficient (Wildman–Crippen LogP) is 4.29. The van der Waals surface area contributed by atoms with E-state index in [0.717, 1.165) is 22.0 Å². The van der Waals surface area contributed by atoms with E-state index in [9.17, 15) is 0 Å². The first-order chi connectivity index (χ1) is 7.59. The summed E-state index contributed by atoms with van der Waals surface area (Å²) in [7, 11) is 0. The Hall–Kier alpha value is -0.930. The maximum atomic E-state index is 6.20. The van der Waals surface area contributed by atoms with Gasteiger partial charge in [0, 0.05) is 11.3 Å². The van der Waals surface area contributed by atoms with Crippen LogP contribution in [0, 0.1) is 6.92 Å². The van der Waals surface area contributed by atoms with Crippen LogP contribution in [0.5, 0.6) is 0 Å². The van der Waals surface area contributed by atoms with E-state index in [2.05, 4.69) is 23.8 Å². The molecule has 2 nitrogen and oxygen atoms in total. The Balaban J connectivity index is 2.53. The summed E-state index contributed by atoms with van der Waals surface area (Å²) >= 11 is 7.82. The van der Waals surface area contributed by atoms with Gasteiger partial charge in [0.2, 0.25) is 0 Å². The molecule has 0 bridgehead atoms. The highest BCUT2D eigenvalue weighted by Gasteiger charge is 2.14. The van der Waals surface area contributed by atoms with Crippen molar-refractivity contribution in [3.05, 3.63) is 33.9 Å². The van der Waals surface area contributed by atoms with Crippen LogP contribution >= 0.6 is 22.9 Å². The lowest BCUT2D eigenvalue weighted by Gasteiger charge is -2.11. The fourth-order valence-corrected chi connectivity index (χ4v) is 2.81. The lowest BCUT2D eigenvalue weighted by molar-refractivity contribution is 0.831. The summed E-state index contributed by atoms with van der Waals surface area (Å²) in [6.07, 6.45) is 0. The van der Waals surface area contributed by atoms with Crippen molar-refractivity contribution in [2.45, 2.75) is 26.7 Å². The smallest absolute Gasteiger partial charge is 0.171 e. The molecule has 0 N–H and O–H groups in total. The second-order valence-electron chi connectivity index (χ2n) is 3.97. The molecule has 0 aromatic carbocycles. The van der Waals surface area contributed by atoms with E-state index in [0.29, 0.717) is 11.1 Å². The van der Waals surface area contributed by atoms with Crippen LogP contribution in [0.1, 0.15) is 31.0 Å². The average Bonchev–Trinajstić information content (AvgIpc) is 2.67. The van der Waals surface area contributed by atoms with E-state index in [4.69, 9.17) is 11.6 Å². The molecule has 0 aliphatic heterocycles. The molecule has 0 saturated carbocycles. The Labute approximate surface area is 104 Å². The van der Waals surface area contributed by atoms with Crippen LogP contribution in [0.4, 0.5) is 0 Å². The summed E-state index contributed by atoms with van der Waals surface area (Å²) in [5, 5.41) is 2.59. The van der Waals surface area contributed by atoms with E-state index < -0.39 is 0 Å². The molecule has 2 aromatic heterocycles. The molecular formula is C12H13ClN2S. The first-order valence-corrected chi connectivity index (χ1v) is 6.43. The maximum Gasteiger partial charge on any atom is 0.171 e. The van der Waals surface area contributed by atoms with E-state index in [1.165, 1.54) is 0 Å². The molecule has 0 radical (unpaired) electrons. The van der Waals surface area contributed by atoms with Crippen LogP contribution in [-0.2, 0) is 0 Å². The van der Waals surface area contributed by atoms with E-state index >= 15 is 0 Å². The summed E-state index contributed by atoms with van der Waals surface area (Å²) < 4.78 is 0. The van der Waals surface area contributed by atoms with Gasteiger partial charge in [-0.2, -0.15) is 0 Å². The SMILES string of the molecule is Cc1nc(-c2cccs2)nc(Cl)c1C(C)C. The third-order valence-corrected chi connectivity index (χ3v) is 3.56. The van der Waals surface area contributed by atoms with Gasteiger partial charge in [-0.1, -0.05) is 31.5 Å². The second kappa shape index (κ2) is 4.52. The average molecular weight is 253 g/mol. The minimum Gasteiger partial charge on any atom is -0.232 e. The van der Waals surface area contributed by atoms with E-state index in [1.807, 2.05) is 24.4 Å². The molecule has 0 spiro atoms. The Morgan fingerprint density at radius 2 is 2.06 bits per heavy atom. The zero-order valence-corrected chi connectivity index (χ0v) is 11.1. The van der Waals surface area contributed by atoms with E-state index in [-0.39, 0.29) is 0 Å².